The lowest BCUT2D eigenvalue weighted by molar-refractivity contribution is -0.147. The van der Waals surface area contributed by atoms with E-state index < -0.39 is 24.7 Å². The molecule has 2 aromatic heterocycles. The Morgan fingerprint density at radius 2 is 2.03 bits per heavy atom. The zero-order valence-electron chi connectivity index (χ0n) is 20.8. The number of carbonyl (C=O) groups is 2. The van der Waals surface area contributed by atoms with Gasteiger partial charge in [-0.05, 0) is 44.4 Å². The number of nitrogens with zero attached hydrogens (tertiary/aromatic N) is 5. The number of fused-ring (bicyclic) bond motifs is 1. The largest absolute Gasteiger partial charge is 0.450 e. The van der Waals surface area contributed by atoms with Crippen molar-refractivity contribution in [3.05, 3.63) is 12.2 Å². The molecule has 1 saturated heterocycles. The molecule has 200 valence electrons. The Balaban J connectivity index is 1.39. The van der Waals surface area contributed by atoms with Crippen LogP contribution in [0.4, 0.5) is 10.6 Å². The van der Waals surface area contributed by atoms with E-state index in [2.05, 4.69) is 32.1 Å². The van der Waals surface area contributed by atoms with E-state index in [0.717, 1.165) is 25.7 Å². The Kier molecular flexibility index (Phi) is 8.75. The smallest absolute Gasteiger partial charge is 0.409 e. The summed E-state index contributed by atoms with van der Waals surface area (Å²) in [5, 5.41) is 22.2. The minimum Gasteiger partial charge on any atom is -0.450 e. The summed E-state index contributed by atoms with van der Waals surface area (Å²) in [5.41, 5.74) is 6.80. The normalized spacial score (nSPS) is 17.6. The van der Waals surface area contributed by atoms with Gasteiger partial charge in [-0.2, -0.15) is 0 Å². The van der Waals surface area contributed by atoms with Gasteiger partial charge in [0.1, 0.15) is 18.4 Å². The quantitative estimate of drug-likeness (QED) is 0.332. The minimum atomic E-state index is -1.38. The first-order valence-corrected chi connectivity index (χ1v) is 12.5. The SMILES string of the molecule is CCOC(=O)N1CCC(CC#Cc2nc(N)c3ncn(CO[C@H](C(=O)NC4CC4)C(O)CO)c3n2)CC1. The molecule has 1 aliphatic heterocycles. The Morgan fingerprint density at radius 3 is 2.70 bits per heavy atom. The summed E-state index contributed by atoms with van der Waals surface area (Å²) >= 11 is 0. The van der Waals surface area contributed by atoms with Crippen molar-refractivity contribution in [3.8, 4) is 11.8 Å². The van der Waals surface area contributed by atoms with E-state index in [0.29, 0.717) is 43.2 Å². The van der Waals surface area contributed by atoms with Crippen LogP contribution in [0, 0.1) is 17.8 Å². The Bertz CT molecular complexity index is 1160. The third-order valence-corrected chi connectivity index (χ3v) is 6.33. The lowest BCUT2D eigenvalue weighted by Crippen LogP contribution is -2.46. The first kappa shape index (κ1) is 26.6. The summed E-state index contributed by atoms with van der Waals surface area (Å²) in [6.45, 7) is 2.67. The number of likely N-dealkylation sites (tertiary alicyclic amines) is 1. The molecule has 5 N–H and O–H groups in total. The van der Waals surface area contributed by atoms with Gasteiger partial charge in [0.25, 0.3) is 5.91 Å². The minimum absolute atomic E-state index is 0.0809. The van der Waals surface area contributed by atoms with Crippen LogP contribution in [-0.2, 0) is 21.0 Å². The second-order valence-corrected chi connectivity index (χ2v) is 9.20. The van der Waals surface area contributed by atoms with Crippen molar-refractivity contribution in [1.29, 1.82) is 0 Å². The van der Waals surface area contributed by atoms with Crippen molar-refractivity contribution in [3.63, 3.8) is 0 Å². The zero-order chi connectivity index (χ0) is 26.4. The van der Waals surface area contributed by atoms with Crippen molar-refractivity contribution in [1.82, 2.24) is 29.7 Å². The van der Waals surface area contributed by atoms with Crippen LogP contribution in [0.15, 0.2) is 6.33 Å². The molecule has 0 aromatic carbocycles. The highest BCUT2D eigenvalue weighted by Crippen LogP contribution is 2.22. The maximum atomic E-state index is 12.4. The summed E-state index contributed by atoms with van der Waals surface area (Å²) in [5.74, 6) is 6.34. The molecule has 1 aliphatic carbocycles. The lowest BCUT2D eigenvalue weighted by atomic mass is 9.94. The second kappa shape index (κ2) is 12.2. The number of nitrogen functional groups attached to an aromatic ring is 1. The van der Waals surface area contributed by atoms with Gasteiger partial charge in [-0.1, -0.05) is 5.92 Å². The van der Waals surface area contributed by atoms with Gasteiger partial charge in [0.15, 0.2) is 17.6 Å². The number of aliphatic hydroxyl groups is 2. The van der Waals surface area contributed by atoms with Crippen LogP contribution in [-0.4, -0.2) is 91.2 Å². The predicted octanol–water partition coefficient (Wildman–Crippen LogP) is -0.00690. The third-order valence-electron chi connectivity index (χ3n) is 6.33. The topological polar surface area (TPSA) is 178 Å². The first-order valence-electron chi connectivity index (χ1n) is 12.5. The molecule has 0 bridgehead atoms. The second-order valence-electron chi connectivity index (χ2n) is 9.20. The number of rotatable bonds is 9. The third kappa shape index (κ3) is 6.85. The number of imidazole rings is 1. The highest BCUT2D eigenvalue weighted by Gasteiger charge is 2.32. The molecule has 2 aliphatic rings. The van der Waals surface area contributed by atoms with Gasteiger partial charge in [-0.25, -0.2) is 19.7 Å². The standard InChI is InChI=1S/C24H33N7O6/c1-2-36-24(35)30-10-8-15(9-11-30)4-3-5-18-28-21(25)19-22(29-18)31(13-26-19)14-37-20(17(33)12-32)23(34)27-16-6-7-16/h13,15-17,20,32-33H,2,4,6-12,14H2,1H3,(H,27,34)(H2,25,28,29)/t17?,20-/m0/s1. The Labute approximate surface area is 214 Å². The molecule has 13 heteroatoms. The number of carbonyl (C=O) groups excluding carboxylic acids is 2. The number of piperidine rings is 1. The van der Waals surface area contributed by atoms with E-state index >= 15 is 0 Å². The summed E-state index contributed by atoms with van der Waals surface area (Å²) in [4.78, 5) is 38.9. The van der Waals surface area contributed by atoms with Crippen LogP contribution in [0.2, 0.25) is 0 Å². The number of aliphatic hydroxyl groups excluding tert-OH is 2. The van der Waals surface area contributed by atoms with Crippen LogP contribution < -0.4 is 11.1 Å². The van der Waals surface area contributed by atoms with Crippen molar-refractivity contribution < 1.29 is 29.3 Å². The van der Waals surface area contributed by atoms with Gasteiger partial charge in [0.2, 0.25) is 5.82 Å². The first-order chi connectivity index (χ1) is 17.9. The fourth-order valence-corrected chi connectivity index (χ4v) is 4.05. The van der Waals surface area contributed by atoms with Gasteiger partial charge in [-0.3, -0.25) is 9.36 Å². The average Bonchev–Trinajstić information content (AvgIpc) is 3.61. The highest BCUT2D eigenvalue weighted by molar-refractivity contribution is 5.82. The Hall–Kier alpha value is -3.47. The number of anilines is 1. The summed E-state index contributed by atoms with van der Waals surface area (Å²) in [6, 6.07) is 0.0809. The molecular formula is C24H33N7O6. The molecule has 3 heterocycles. The van der Waals surface area contributed by atoms with Gasteiger partial charge in [0, 0.05) is 25.6 Å². The molecule has 1 unspecified atom stereocenters. The van der Waals surface area contributed by atoms with E-state index in [4.69, 9.17) is 15.2 Å². The number of aromatic nitrogens is 4. The van der Waals surface area contributed by atoms with Gasteiger partial charge < -0.3 is 35.6 Å². The molecule has 0 spiro atoms. The number of amides is 2. The van der Waals surface area contributed by atoms with E-state index in [1.807, 2.05) is 0 Å². The summed E-state index contributed by atoms with van der Waals surface area (Å²) < 4.78 is 12.2. The number of ether oxygens (including phenoxy) is 2. The van der Waals surface area contributed by atoms with Crippen molar-refractivity contribution >= 4 is 29.0 Å². The van der Waals surface area contributed by atoms with Crippen molar-refractivity contribution in [2.24, 2.45) is 5.92 Å². The molecule has 2 amide bonds. The maximum Gasteiger partial charge on any atom is 0.409 e. The monoisotopic (exact) mass is 515 g/mol. The molecule has 37 heavy (non-hydrogen) atoms. The molecular weight excluding hydrogens is 482 g/mol. The van der Waals surface area contributed by atoms with Crippen LogP contribution >= 0.6 is 0 Å². The van der Waals surface area contributed by atoms with Gasteiger partial charge in [-0.15, -0.1) is 0 Å². The van der Waals surface area contributed by atoms with Crippen molar-refractivity contribution in [2.45, 2.75) is 64.0 Å². The number of nitrogens with one attached hydrogen (secondary N) is 1. The zero-order valence-corrected chi connectivity index (χ0v) is 20.8. The Morgan fingerprint density at radius 1 is 1.27 bits per heavy atom. The van der Waals surface area contributed by atoms with Gasteiger partial charge >= 0.3 is 6.09 Å². The molecule has 2 fully saturated rings. The summed E-state index contributed by atoms with van der Waals surface area (Å²) in [6.07, 6.45) is 2.63. The lowest BCUT2D eigenvalue weighted by Gasteiger charge is -2.30. The maximum absolute atomic E-state index is 12.4. The highest BCUT2D eigenvalue weighted by atomic mass is 16.6. The van der Waals surface area contributed by atoms with E-state index in [-0.39, 0.29) is 30.5 Å². The molecule has 2 aromatic rings. The fourth-order valence-electron chi connectivity index (χ4n) is 4.05. The molecule has 1 saturated carbocycles. The number of hydrogen-bond acceptors (Lipinski definition) is 10. The van der Waals surface area contributed by atoms with Crippen LogP contribution in [0.25, 0.3) is 11.2 Å². The van der Waals surface area contributed by atoms with Crippen LogP contribution in [0.3, 0.4) is 0 Å². The molecule has 13 nitrogen and oxygen atoms in total. The molecule has 2 atom stereocenters. The van der Waals surface area contributed by atoms with Gasteiger partial charge in [0.05, 0.1) is 19.5 Å². The van der Waals surface area contributed by atoms with Crippen LogP contribution in [0.5, 0.6) is 0 Å². The van der Waals surface area contributed by atoms with Crippen LogP contribution in [0.1, 0.15) is 44.9 Å². The van der Waals surface area contributed by atoms with E-state index in [1.165, 1.54) is 10.9 Å². The molecule has 4 rings (SSSR count). The average molecular weight is 516 g/mol. The molecule has 0 radical (unpaired) electrons. The summed E-state index contributed by atoms with van der Waals surface area (Å²) in [7, 11) is 0. The fraction of sp³-hybridized carbons (Fsp3) is 0.625. The predicted molar refractivity (Wildman–Crippen MR) is 132 cm³/mol. The van der Waals surface area contributed by atoms with Crippen molar-refractivity contribution in [2.75, 3.05) is 32.0 Å². The van der Waals surface area contributed by atoms with E-state index in [9.17, 15) is 19.8 Å². The number of nitrogens with two attached hydrogens (primary N) is 1. The number of hydrogen-bond donors (Lipinski definition) is 4. The van der Waals surface area contributed by atoms with E-state index in [1.54, 1.807) is 11.8 Å².